The smallest absolute Gasteiger partial charge is 0.255 e. The average molecular weight is 283 g/mol. The molecule has 0 aromatic heterocycles. The molecule has 2 N–H and O–H groups in total. The second-order valence-corrected chi connectivity index (χ2v) is 5.14. The minimum Gasteiger partial charge on any atom is -0.398 e. The average Bonchev–Trinajstić information content (AvgIpc) is 2.39. The number of nitrogens with two attached hydrogens (primary N) is 1. The highest BCUT2D eigenvalue weighted by molar-refractivity contribution is 5.99. The van der Waals surface area contributed by atoms with Gasteiger partial charge in [0.25, 0.3) is 5.91 Å². The van der Waals surface area contributed by atoms with Gasteiger partial charge in [-0.05, 0) is 37.3 Å². The number of nitrogens with zero attached hydrogens (tertiary/aromatic N) is 1. The van der Waals surface area contributed by atoms with Gasteiger partial charge in [-0.3, -0.25) is 4.79 Å². The van der Waals surface area contributed by atoms with Gasteiger partial charge in [-0.25, -0.2) is 0 Å². The van der Waals surface area contributed by atoms with Crippen LogP contribution < -0.4 is 5.73 Å². The summed E-state index contributed by atoms with van der Waals surface area (Å²) in [6.45, 7) is 3.96. The van der Waals surface area contributed by atoms with Crippen molar-refractivity contribution in [3.05, 3.63) is 29.8 Å². The molecule has 1 heterocycles. The molecule has 1 aliphatic heterocycles. The molecule has 0 bridgehead atoms. The lowest BCUT2D eigenvalue weighted by atomic mass is 9.93. The Morgan fingerprint density at radius 3 is 2.84 bits per heavy atom. The lowest BCUT2D eigenvalue weighted by molar-refractivity contribution is 0.0668. The first-order valence-electron chi connectivity index (χ1n) is 6.86. The normalized spacial score (nSPS) is 18.8. The number of para-hydroxylation sites is 1. The van der Waals surface area contributed by atoms with Crippen molar-refractivity contribution in [2.45, 2.75) is 32.6 Å². The molecular weight excluding hydrogens is 260 g/mol. The van der Waals surface area contributed by atoms with Crippen LogP contribution in [-0.4, -0.2) is 23.9 Å². The molecule has 1 fully saturated rings. The van der Waals surface area contributed by atoms with Gasteiger partial charge in [0.1, 0.15) is 0 Å². The van der Waals surface area contributed by atoms with Crippen molar-refractivity contribution in [3.63, 3.8) is 0 Å². The van der Waals surface area contributed by atoms with Gasteiger partial charge in [-0.1, -0.05) is 25.5 Å². The zero-order valence-corrected chi connectivity index (χ0v) is 12.3. The number of amides is 1. The Morgan fingerprint density at radius 1 is 1.42 bits per heavy atom. The Balaban J connectivity index is 0.00000180. The fraction of sp³-hybridized carbons (Fsp3) is 0.533. The third kappa shape index (κ3) is 3.87. The van der Waals surface area contributed by atoms with E-state index in [0.29, 0.717) is 17.2 Å². The van der Waals surface area contributed by atoms with Crippen LogP contribution in [0.25, 0.3) is 0 Å². The standard InChI is InChI=1S/C15H22N2O.ClH/c1-2-6-12-7-5-10-17(11-12)15(18)13-8-3-4-9-14(13)16;/h3-4,8-9,12H,2,5-7,10-11,16H2,1H3;1H. The topological polar surface area (TPSA) is 46.3 Å². The lowest BCUT2D eigenvalue weighted by Crippen LogP contribution is -2.40. The van der Waals surface area contributed by atoms with Crippen LogP contribution >= 0.6 is 12.4 Å². The summed E-state index contributed by atoms with van der Waals surface area (Å²) >= 11 is 0. The van der Waals surface area contributed by atoms with Gasteiger partial charge in [0.2, 0.25) is 0 Å². The van der Waals surface area contributed by atoms with E-state index in [-0.39, 0.29) is 18.3 Å². The largest absolute Gasteiger partial charge is 0.398 e. The zero-order valence-electron chi connectivity index (χ0n) is 11.5. The monoisotopic (exact) mass is 282 g/mol. The number of nitrogen functional groups attached to an aromatic ring is 1. The molecule has 1 atom stereocenters. The number of hydrogen-bond acceptors (Lipinski definition) is 2. The Labute approximate surface area is 121 Å². The maximum Gasteiger partial charge on any atom is 0.255 e. The second kappa shape index (κ2) is 7.39. The third-order valence-electron chi connectivity index (χ3n) is 3.69. The highest BCUT2D eigenvalue weighted by Gasteiger charge is 2.24. The fourth-order valence-electron chi connectivity index (χ4n) is 2.76. The van der Waals surface area contributed by atoms with E-state index in [1.54, 1.807) is 6.07 Å². The lowest BCUT2D eigenvalue weighted by Gasteiger charge is -2.33. The summed E-state index contributed by atoms with van der Waals surface area (Å²) in [5.41, 5.74) is 7.11. The van der Waals surface area contributed by atoms with Crippen LogP contribution in [0, 0.1) is 5.92 Å². The van der Waals surface area contributed by atoms with E-state index in [1.165, 1.54) is 19.3 Å². The van der Waals surface area contributed by atoms with Crippen molar-refractivity contribution in [1.82, 2.24) is 4.90 Å². The molecule has 0 spiro atoms. The van der Waals surface area contributed by atoms with Crippen LogP contribution in [0.5, 0.6) is 0 Å². The summed E-state index contributed by atoms with van der Waals surface area (Å²) in [4.78, 5) is 14.4. The molecule has 1 amide bonds. The molecule has 4 heteroatoms. The number of piperidine rings is 1. The van der Waals surface area contributed by atoms with Gasteiger partial charge in [-0.2, -0.15) is 0 Å². The molecule has 0 radical (unpaired) electrons. The van der Waals surface area contributed by atoms with Crippen molar-refractivity contribution in [2.75, 3.05) is 18.8 Å². The van der Waals surface area contributed by atoms with Crippen molar-refractivity contribution in [2.24, 2.45) is 5.92 Å². The van der Waals surface area contributed by atoms with E-state index in [2.05, 4.69) is 6.92 Å². The van der Waals surface area contributed by atoms with Crippen LogP contribution in [0.4, 0.5) is 5.69 Å². The predicted molar refractivity (Wildman–Crippen MR) is 81.6 cm³/mol. The third-order valence-corrected chi connectivity index (χ3v) is 3.69. The first-order chi connectivity index (χ1) is 8.72. The molecule has 2 rings (SSSR count). The number of benzene rings is 1. The van der Waals surface area contributed by atoms with Crippen LogP contribution in [0.3, 0.4) is 0 Å². The number of halogens is 1. The number of likely N-dealkylation sites (tertiary alicyclic amines) is 1. The molecule has 1 aliphatic rings. The molecular formula is C15H23ClN2O. The number of carbonyl (C=O) groups is 1. The van der Waals surface area contributed by atoms with Gasteiger partial charge >= 0.3 is 0 Å². The molecule has 1 unspecified atom stereocenters. The van der Waals surface area contributed by atoms with E-state index in [0.717, 1.165) is 19.5 Å². The molecule has 1 saturated heterocycles. The maximum atomic E-state index is 12.4. The van der Waals surface area contributed by atoms with E-state index in [9.17, 15) is 4.79 Å². The first kappa shape index (κ1) is 15.8. The van der Waals surface area contributed by atoms with Gasteiger partial charge in [0.05, 0.1) is 5.56 Å². The Kier molecular flexibility index (Phi) is 6.16. The van der Waals surface area contributed by atoms with Crippen molar-refractivity contribution < 1.29 is 4.79 Å². The van der Waals surface area contributed by atoms with Crippen LogP contribution in [0.1, 0.15) is 43.0 Å². The summed E-state index contributed by atoms with van der Waals surface area (Å²) in [5, 5.41) is 0. The Bertz CT molecular complexity index is 420. The minimum atomic E-state index is 0. The summed E-state index contributed by atoms with van der Waals surface area (Å²) < 4.78 is 0. The molecule has 0 aliphatic carbocycles. The summed E-state index contributed by atoms with van der Waals surface area (Å²) in [6, 6.07) is 7.35. The van der Waals surface area contributed by atoms with E-state index < -0.39 is 0 Å². The number of anilines is 1. The van der Waals surface area contributed by atoms with E-state index in [1.807, 2.05) is 23.1 Å². The highest BCUT2D eigenvalue weighted by Crippen LogP contribution is 2.23. The van der Waals surface area contributed by atoms with Crippen molar-refractivity contribution in [1.29, 1.82) is 0 Å². The Hall–Kier alpha value is -1.22. The number of carbonyl (C=O) groups excluding carboxylic acids is 1. The van der Waals surface area contributed by atoms with E-state index >= 15 is 0 Å². The Morgan fingerprint density at radius 2 is 2.16 bits per heavy atom. The quantitative estimate of drug-likeness (QED) is 0.864. The summed E-state index contributed by atoms with van der Waals surface area (Å²) in [7, 11) is 0. The van der Waals surface area contributed by atoms with E-state index in [4.69, 9.17) is 5.73 Å². The fourth-order valence-corrected chi connectivity index (χ4v) is 2.76. The van der Waals surface area contributed by atoms with Crippen LogP contribution in [0.2, 0.25) is 0 Å². The summed E-state index contributed by atoms with van der Waals surface area (Å²) in [5.74, 6) is 0.756. The van der Waals surface area contributed by atoms with Gasteiger partial charge < -0.3 is 10.6 Å². The molecule has 106 valence electrons. The second-order valence-electron chi connectivity index (χ2n) is 5.14. The summed E-state index contributed by atoms with van der Waals surface area (Å²) in [6.07, 6.45) is 4.78. The molecule has 1 aromatic carbocycles. The number of rotatable bonds is 3. The van der Waals surface area contributed by atoms with Crippen molar-refractivity contribution in [3.8, 4) is 0 Å². The van der Waals surface area contributed by atoms with Gasteiger partial charge in [0, 0.05) is 18.8 Å². The van der Waals surface area contributed by atoms with Crippen molar-refractivity contribution >= 4 is 24.0 Å². The molecule has 1 aromatic rings. The maximum absolute atomic E-state index is 12.4. The zero-order chi connectivity index (χ0) is 13.0. The number of hydrogen-bond donors (Lipinski definition) is 1. The first-order valence-corrected chi connectivity index (χ1v) is 6.86. The SMILES string of the molecule is CCCC1CCCN(C(=O)c2ccccc2N)C1.Cl. The van der Waals surface area contributed by atoms with Crippen LogP contribution in [0.15, 0.2) is 24.3 Å². The minimum absolute atomic E-state index is 0. The predicted octanol–water partition coefficient (Wildman–Crippen LogP) is 3.34. The molecule has 19 heavy (non-hydrogen) atoms. The highest BCUT2D eigenvalue weighted by atomic mass is 35.5. The molecule has 0 saturated carbocycles. The van der Waals surface area contributed by atoms with Crippen LogP contribution in [-0.2, 0) is 0 Å². The van der Waals surface area contributed by atoms with Gasteiger partial charge in [0.15, 0.2) is 0 Å². The van der Waals surface area contributed by atoms with Gasteiger partial charge in [-0.15, -0.1) is 12.4 Å². The molecule has 3 nitrogen and oxygen atoms in total.